The SMILES string of the molecule is O=C(Nc1ccc(OCc2cccnc2)c(Cl)c1)c1ccc(F)cc1F. The van der Waals surface area contributed by atoms with Crippen LogP contribution < -0.4 is 10.1 Å². The lowest BCUT2D eigenvalue weighted by molar-refractivity contribution is 0.102. The summed E-state index contributed by atoms with van der Waals surface area (Å²) in [6.45, 7) is 0.292. The van der Waals surface area contributed by atoms with Crippen LogP contribution in [0.5, 0.6) is 5.75 Å². The summed E-state index contributed by atoms with van der Waals surface area (Å²) in [6.07, 6.45) is 3.34. The molecule has 1 aromatic heterocycles. The monoisotopic (exact) mass is 374 g/mol. The van der Waals surface area contributed by atoms with Gasteiger partial charge in [-0.1, -0.05) is 17.7 Å². The molecule has 0 aliphatic carbocycles. The van der Waals surface area contributed by atoms with Gasteiger partial charge in [-0.2, -0.15) is 0 Å². The third kappa shape index (κ3) is 4.34. The average molecular weight is 375 g/mol. The Morgan fingerprint density at radius 3 is 2.69 bits per heavy atom. The molecule has 0 atom stereocenters. The van der Waals surface area contributed by atoms with Crippen LogP contribution in [0.3, 0.4) is 0 Å². The van der Waals surface area contributed by atoms with Gasteiger partial charge in [0, 0.05) is 29.7 Å². The molecule has 0 bridgehead atoms. The molecule has 4 nitrogen and oxygen atoms in total. The van der Waals surface area contributed by atoms with Crippen molar-refractivity contribution < 1.29 is 18.3 Å². The molecule has 0 fully saturated rings. The fraction of sp³-hybridized carbons (Fsp3) is 0.0526. The van der Waals surface area contributed by atoms with Crippen LogP contribution in [0.2, 0.25) is 5.02 Å². The molecule has 0 aliphatic rings. The fourth-order valence-corrected chi connectivity index (χ4v) is 2.45. The molecule has 26 heavy (non-hydrogen) atoms. The van der Waals surface area contributed by atoms with Crippen LogP contribution in [0.15, 0.2) is 60.9 Å². The summed E-state index contributed by atoms with van der Waals surface area (Å²) in [5.41, 5.74) is 0.976. The molecule has 0 aliphatic heterocycles. The highest BCUT2D eigenvalue weighted by atomic mass is 35.5. The molecule has 7 heteroatoms. The number of amides is 1. The number of pyridine rings is 1. The van der Waals surface area contributed by atoms with Crippen LogP contribution in [-0.2, 0) is 6.61 Å². The van der Waals surface area contributed by atoms with Crippen LogP contribution in [0.4, 0.5) is 14.5 Å². The van der Waals surface area contributed by atoms with Crippen LogP contribution in [0, 0.1) is 11.6 Å². The van der Waals surface area contributed by atoms with Crippen molar-refractivity contribution in [2.24, 2.45) is 0 Å². The van der Waals surface area contributed by atoms with Crippen molar-refractivity contribution in [3.8, 4) is 5.75 Å². The number of carbonyl (C=O) groups is 1. The average Bonchev–Trinajstić information content (AvgIpc) is 2.62. The van der Waals surface area contributed by atoms with E-state index in [1.807, 2.05) is 6.07 Å². The van der Waals surface area contributed by atoms with E-state index in [0.717, 1.165) is 17.7 Å². The maximum Gasteiger partial charge on any atom is 0.258 e. The highest BCUT2D eigenvalue weighted by Crippen LogP contribution is 2.28. The van der Waals surface area contributed by atoms with Crippen molar-refractivity contribution in [2.45, 2.75) is 6.61 Å². The lowest BCUT2D eigenvalue weighted by Gasteiger charge is -2.11. The van der Waals surface area contributed by atoms with Crippen molar-refractivity contribution >= 4 is 23.2 Å². The van der Waals surface area contributed by atoms with Crippen LogP contribution in [0.1, 0.15) is 15.9 Å². The molecule has 1 heterocycles. The minimum absolute atomic E-state index is 0.264. The summed E-state index contributed by atoms with van der Waals surface area (Å²) in [6, 6.07) is 11.1. The molecule has 0 radical (unpaired) electrons. The summed E-state index contributed by atoms with van der Waals surface area (Å²) in [4.78, 5) is 16.1. The minimum Gasteiger partial charge on any atom is -0.487 e. The quantitative estimate of drug-likeness (QED) is 0.695. The summed E-state index contributed by atoms with van der Waals surface area (Å²) in [5.74, 6) is -1.97. The van der Waals surface area contributed by atoms with E-state index in [-0.39, 0.29) is 10.6 Å². The topological polar surface area (TPSA) is 51.2 Å². The molecule has 0 spiro atoms. The van der Waals surface area contributed by atoms with Gasteiger partial charge in [-0.05, 0) is 36.4 Å². The van der Waals surface area contributed by atoms with Crippen LogP contribution >= 0.6 is 11.6 Å². The second-order valence-electron chi connectivity index (χ2n) is 5.37. The van der Waals surface area contributed by atoms with E-state index in [9.17, 15) is 13.6 Å². The predicted molar refractivity (Wildman–Crippen MR) is 94.3 cm³/mol. The van der Waals surface area contributed by atoms with E-state index in [1.165, 1.54) is 6.07 Å². The number of nitrogens with one attached hydrogen (secondary N) is 1. The number of hydrogen-bond donors (Lipinski definition) is 1. The Labute approximate surface area is 153 Å². The Morgan fingerprint density at radius 1 is 1.15 bits per heavy atom. The van der Waals surface area contributed by atoms with E-state index in [0.29, 0.717) is 24.1 Å². The number of halogens is 3. The third-order valence-corrected chi connectivity index (χ3v) is 3.78. The normalized spacial score (nSPS) is 10.4. The van der Waals surface area contributed by atoms with E-state index in [4.69, 9.17) is 16.3 Å². The van der Waals surface area contributed by atoms with Gasteiger partial charge in [-0.15, -0.1) is 0 Å². The smallest absolute Gasteiger partial charge is 0.258 e. The van der Waals surface area contributed by atoms with Gasteiger partial charge in [0.15, 0.2) is 0 Å². The number of benzene rings is 2. The van der Waals surface area contributed by atoms with Crippen molar-refractivity contribution in [3.05, 3.63) is 88.7 Å². The van der Waals surface area contributed by atoms with Crippen molar-refractivity contribution in [1.82, 2.24) is 4.98 Å². The summed E-state index contributed by atoms with van der Waals surface area (Å²) in [5, 5.41) is 2.79. The third-order valence-electron chi connectivity index (χ3n) is 3.48. The Kier molecular flexibility index (Phi) is 5.43. The standard InChI is InChI=1S/C19H13ClF2N2O2/c20-16-9-14(24-19(25)15-5-3-13(21)8-17(15)22)4-6-18(16)26-11-12-2-1-7-23-10-12/h1-10H,11H2,(H,24,25). The summed E-state index contributed by atoms with van der Waals surface area (Å²) < 4.78 is 32.2. The lowest BCUT2D eigenvalue weighted by Crippen LogP contribution is -2.14. The number of rotatable bonds is 5. The van der Waals surface area contributed by atoms with Crippen LogP contribution in [-0.4, -0.2) is 10.9 Å². The Balaban J connectivity index is 1.68. The zero-order chi connectivity index (χ0) is 18.5. The zero-order valence-corrected chi connectivity index (χ0v) is 14.1. The predicted octanol–water partition coefficient (Wildman–Crippen LogP) is 4.84. The van der Waals surface area contributed by atoms with Gasteiger partial charge in [0.1, 0.15) is 24.0 Å². The van der Waals surface area contributed by atoms with Crippen molar-refractivity contribution in [2.75, 3.05) is 5.32 Å². The lowest BCUT2D eigenvalue weighted by atomic mass is 10.2. The van der Waals surface area contributed by atoms with E-state index in [1.54, 1.807) is 30.6 Å². The van der Waals surface area contributed by atoms with Gasteiger partial charge >= 0.3 is 0 Å². The first kappa shape index (κ1) is 17.8. The van der Waals surface area contributed by atoms with Gasteiger partial charge < -0.3 is 10.1 Å². The van der Waals surface area contributed by atoms with Crippen LogP contribution in [0.25, 0.3) is 0 Å². The first-order valence-electron chi connectivity index (χ1n) is 7.60. The molecule has 0 saturated carbocycles. The molecule has 0 unspecified atom stereocenters. The van der Waals surface area contributed by atoms with Crippen molar-refractivity contribution in [1.29, 1.82) is 0 Å². The molecule has 2 aromatic carbocycles. The van der Waals surface area contributed by atoms with Gasteiger partial charge in [0.25, 0.3) is 5.91 Å². The Hall–Kier alpha value is -2.99. The molecule has 0 saturated heterocycles. The number of carbonyl (C=O) groups excluding carboxylic acids is 1. The highest BCUT2D eigenvalue weighted by Gasteiger charge is 2.13. The Morgan fingerprint density at radius 2 is 2.00 bits per heavy atom. The van der Waals surface area contributed by atoms with Crippen molar-refractivity contribution in [3.63, 3.8) is 0 Å². The molecular formula is C19H13ClF2N2O2. The number of hydrogen-bond acceptors (Lipinski definition) is 3. The maximum absolute atomic E-state index is 13.7. The molecule has 1 amide bonds. The molecular weight excluding hydrogens is 362 g/mol. The maximum atomic E-state index is 13.7. The second-order valence-corrected chi connectivity index (χ2v) is 5.78. The Bertz CT molecular complexity index is 936. The minimum atomic E-state index is -0.940. The highest BCUT2D eigenvalue weighted by molar-refractivity contribution is 6.32. The summed E-state index contributed by atoms with van der Waals surface area (Å²) in [7, 11) is 0. The van der Waals surface area contributed by atoms with Gasteiger partial charge in [0.2, 0.25) is 0 Å². The fourth-order valence-electron chi connectivity index (χ4n) is 2.21. The summed E-state index contributed by atoms with van der Waals surface area (Å²) >= 11 is 6.16. The van der Waals surface area contributed by atoms with Gasteiger partial charge in [-0.3, -0.25) is 9.78 Å². The second kappa shape index (κ2) is 7.93. The van der Waals surface area contributed by atoms with E-state index < -0.39 is 17.5 Å². The largest absolute Gasteiger partial charge is 0.487 e. The molecule has 1 N–H and O–H groups in total. The molecule has 3 rings (SSSR count). The molecule has 132 valence electrons. The first-order chi connectivity index (χ1) is 12.5. The van der Waals surface area contributed by atoms with E-state index >= 15 is 0 Å². The number of anilines is 1. The zero-order valence-electron chi connectivity index (χ0n) is 13.4. The van der Waals surface area contributed by atoms with E-state index in [2.05, 4.69) is 10.3 Å². The number of nitrogens with zero attached hydrogens (tertiary/aromatic N) is 1. The first-order valence-corrected chi connectivity index (χ1v) is 7.98. The molecule has 3 aromatic rings. The van der Waals surface area contributed by atoms with Gasteiger partial charge in [-0.25, -0.2) is 8.78 Å². The number of ether oxygens (including phenoxy) is 1. The number of aromatic nitrogens is 1. The van der Waals surface area contributed by atoms with Gasteiger partial charge in [0.05, 0.1) is 10.6 Å².